The average molecular weight is 375 g/mol. The summed E-state index contributed by atoms with van der Waals surface area (Å²) in [6.07, 6.45) is 3.14. The smallest absolute Gasteiger partial charge is 0.356 e. The zero-order chi connectivity index (χ0) is 18.5. The van der Waals surface area contributed by atoms with E-state index in [2.05, 4.69) is 20.5 Å². The number of carbonyl (C=O) groups excluding carboxylic acids is 1. The molecule has 0 aliphatic carbocycles. The Kier molecular flexibility index (Phi) is 5.28. The first-order chi connectivity index (χ1) is 12.5. The van der Waals surface area contributed by atoms with Crippen LogP contribution >= 0.6 is 11.6 Å². The zero-order valence-corrected chi connectivity index (χ0v) is 14.3. The summed E-state index contributed by atoms with van der Waals surface area (Å²) in [7, 11) is 0. The SMILES string of the molecule is O=C(CCn1ccc(C(=O)O)n1)Nc1ncn(Cc2cccc(Cl)c2)n1. The largest absolute Gasteiger partial charge is 0.476 e. The van der Waals surface area contributed by atoms with E-state index in [4.69, 9.17) is 16.7 Å². The molecule has 0 aliphatic rings. The zero-order valence-electron chi connectivity index (χ0n) is 13.5. The minimum Gasteiger partial charge on any atom is -0.476 e. The topological polar surface area (TPSA) is 115 Å². The molecule has 0 aliphatic heterocycles. The lowest BCUT2D eigenvalue weighted by Crippen LogP contribution is -2.16. The third-order valence-corrected chi connectivity index (χ3v) is 3.68. The van der Waals surface area contributed by atoms with Crippen LogP contribution in [0.25, 0.3) is 0 Å². The molecule has 3 aromatic rings. The van der Waals surface area contributed by atoms with Gasteiger partial charge in [0.2, 0.25) is 11.9 Å². The highest BCUT2D eigenvalue weighted by molar-refractivity contribution is 6.30. The molecule has 0 unspecified atom stereocenters. The van der Waals surface area contributed by atoms with Crippen LogP contribution in [0.2, 0.25) is 5.02 Å². The van der Waals surface area contributed by atoms with Crippen LogP contribution < -0.4 is 5.32 Å². The van der Waals surface area contributed by atoms with Gasteiger partial charge in [-0.15, -0.1) is 5.10 Å². The first-order valence-electron chi connectivity index (χ1n) is 7.70. The molecular formula is C16H15ClN6O3. The summed E-state index contributed by atoms with van der Waals surface area (Å²) >= 11 is 5.95. The van der Waals surface area contributed by atoms with Crippen LogP contribution in [0, 0.1) is 0 Å². The molecule has 9 nitrogen and oxygen atoms in total. The van der Waals surface area contributed by atoms with Gasteiger partial charge in [-0.2, -0.15) is 5.10 Å². The number of nitrogens with zero attached hydrogens (tertiary/aromatic N) is 5. The van der Waals surface area contributed by atoms with Crippen molar-refractivity contribution in [3.63, 3.8) is 0 Å². The first-order valence-corrected chi connectivity index (χ1v) is 8.08. The lowest BCUT2D eigenvalue weighted by Gasteiger charge is -2.03. The van der Waals surface area contributed by atoms with Gasteiger partial charge < -0.3 is 5.11 Å². The Bertz CT molecular complexity index is 935. The number of anilines is 1. The molecular weight excluding hydrogens is 360 g/mol. The number of aromatic nitrogens is 5. The van der Waals surface area contributed by atoms with E-state index in [1.54, 1.807) is 10.7 Å². The number of carboxylic acid groups (broad SMARTS) is 1. The fourth-order valence-electron chi connectivity index (χ4n) is 2.25. The number of rotatable bonds is 7. The van der Waals surface area contributed by atoms with E-state index in [0.717, 1.165) is 5.56 Å². The van der Waals surface area contributed by atoms with Gasteiger partial charge in [-0.1, -0.05) is 23.7 Å². The Morgan fingerprint density at radius 3 is 2.77 bits per heavy atom. The molecule has 3 rings (SSSR count). The number of carboxylic acids is 1. The Labute approximate surface area is 153 Å². The maximum Gasteiger partial charge on any atom is 0.356 e. The molecule has 10 heteroatoms. The van der Waals surface area contributed by atoms with E-state index >= 15 is 0 Å². The Morgan fingerprint density at radius 2 is 2.04 bits per heavy atom. The molecule has 0 spiro atoms. The van der Waals surface area contributed by atoms with Gasteiger partial charge >= 0.3 is 5.97 Å². The molecule has 0 atom stereocenters. The monoisotopic (exact) mass is 374 g/mol. The standard InChI is InChI=1S/C16H15ClN6O3/c17-12-3-1-2-11(8-12)9-23-10-18-16(21-23)19-14(24)5-7-22-6-4-13(20-22)15(25)26/h1-4,6,8,10H,5,7,9H2,(H,25,26)(H,19,21,24). The van der Waals surface area contributed by atoms with Gasteiger partial charge in [0.15, 0.2) is 5.69 Å². The van der Waals surface area contributed by atoms with Crippen LogP contribution in [0.3, 0.4) is 0 Å². The minimum atomic E-state index is -1.11. The molecule has 0 saturated heterocycles. The number of aryl methyl sites for hydroxylation is 1. The second-order valence-corrected chi connectivity index (χ2v) is 5.90. The van der Waals surface area contributed by atoms with Crippen molar-refractivity contribution in [1.29, 1.82) is 0 Å². The molecule has 0 bridgehead atoms. The van der Waals surface area contributed by atoms with E-state index in [1.165, 1.54) is 23.3 Å². The molecule has 0 fully saturated rings. The summed E-state index contributed by atoms with van der Waals surface area (Å²) < 4.78 is 2.99. The van der Waals surface area contributed by atoms with Crippen LogP contribution in [0.4, 0.5) is 5.95 Å². The van der Waals surface area contributed by atoms with Crippen LogP contribution in [0.1, 0.15) is 22.5 Å². The van der Waals surface area contributed by atoms with Crippen LogP contribution in [-0.2, 0) is 17.9 Å². The Hall–Kier alpha value is -3.20. The average Bonchev–Trinajstić information content (AvgIpc) is 3.23. The van der Waals surface area contributed by atoms with Crippen molar-refractivity contribution in [2.75, 3.05) is 5.32 Å². The molecule has 2 aromatic heterocycles. The predicted octanol–water partition coefficient (Wildman–Crippen LogP) is 1.90. The highest BCUT2D eigenvalue weighted by Gasteiger charge is 2.10. The molecule has 134 valence electrons. The van der Waals surface area contributed by atoms with Crippen molar-refractivity contribution < 1.29 is 14.7 Å². The number of halogens is 1. The number of hydrogen-bond acceptors (Lipinski definition) is 5. The van der Waals surface area contributed by atoms with Crippen molar-refractivity contribution in [3.05, 3.63) is 59.1 Å². The van der Waals surface area contributed by atoms with Gasteiger partial charge in [0, 0.05) is 24.2 Å². The molecule has 0 saturated carbocycles. The Morgan fingerprint density at radius 1 is 1.19 bits per heavy atom. The normalized spacial score (nSPS) is 10.7. The van der Waals surface area contributed by atoms with Crippen LogP contribution in [0.15, 0.2) is 42.9 Å². The molecule has 2 N–H and O–H groups in total. The summed E-state index contributed by atoms with van der Waals surface area (Å²) in [4.78, 5) is 26.8. The lowest BCUT2D eigenvalue weighted by molar-refractivity contribution is -0.116. The highest BCUT2D eigenvalue weighted by Crippen LogP contribution is 2.12. The molecule has 1 aromatic carbocycles. The Balaban J connectivity index is 1.51. The molecule has 2 heterocycles. The van der Waals surface area contributed by atoms with Crippen molar-refractivity contribution in [1.82, 2.24) is 24.5 Å². The van der Waals surface area contributed by atoms with E-state index < -0.39 is 5.97 Å². The predicted molar refractivity (Wildman–Crippen MR) is 93.0 cm³/mol. The van der Waals surface area contributed by atoms with E-state index in [9.17, 15) is 9.59 Å². The molecule has 1 amide bonds. The van der Waals surface area contributed by atoms with Crippen LogP contribution in [-0.4, -0.2) is 41.5 Å². The van der Waals surface area contributed by atoms with Gasteiger partial charge in [-0.25, -0.2) is 14.5 Å². The number of hydrogen-bond donors (Lipinski definition) is 2. The second-order valence-electron chi connectivity index (χ2n) is 5.46. The minimum absolute atomic E-state index is 0.0631. The maximum atomic E-state index is 12.0. The van der Waals surface area contributed by atoms with Gasteiger partial charge in [-0.05, 0) is 23.8 Å². The lowest BCUT2D eigenvalue weighted by atomic mass is 10.2. The van der Waals surface area contributed by atoms with Crippen molar-refractivity contribution in [2.45, 2.75) is 19.5 Å². The van der Waals surface area contributed by atoms with Gasteiger partial charge in [0.05, 0.1) is 6.54 Å². The fraction of sp³-hybridized carbons (Fsp3) is 0.188. The summed E-state index contributed by atoms with van der Waals surface area (Å²) in [5.41, 5.74) is 0.903. The first kappa shape index (κ1) is 17.6. The highest BCUT2D eigenvalue weighted by atomic mass is 35.5. The number of amides is 1. The third-order valence-electron chi connectivity index (χ3n) is 3.45. The maximum absolute atomic E-state index is 12.0. The van der Waals surface area contributed by atoms with Crippen molar-refractivity contribution >= 4 is 29.4 Å². The molecule has 26 heavy (non-hydrogen) atoms. The number of aromatic carboxylic acids is 1. The van der Waals surface area contributed by atoms with E-state index in [-0.39, 0.29) is 30.5 Å². The van der Waals surface area contributed by atoms with Crippen molar-refractivity contribution in [3.8, 4) is 0 Å². The summed E-state index contributed by atoms with van der Waals surface area (Å²) in [5, 5.41) is 20.1. The summed E-state index contributed by atoms with van der Waals surface area (Å²) in [6, 6.07) is 8.76. The van der Waals surface area contributed by atoms with E-state index in [1.807, 2.05) is 18.2 Å². The van der Waals surface area contributed by atoms with Gasteiger partial charge in [0.1, 0.15) is 6.33 Å². The number of benzene rings is 1. The van der Waals surface area contributed by atoms with E-state index in [0.29, 0.717) is 11.6 Å². The van der Waals surface area contributed by atoms with Crippen LogP contribution in [0.5, 0.6) is 0 Å². The third kappa shape index (κ3) is 4.67. The van der Waals surface area contributed by atoms with Crippen molar-refractivity contribution in [2.24, 2.45) is 0 Å². The van der Waals surface area contributed by atoms with Gasteiger partial charge in [-0.3, -0.25) is 14.8 Å². The quantitative estimate of drug-likeness (QED) is 0.652. The summed E-state index contributed by atoms with van der Waals surface area (Å²) in [6.45, 7) is 0.733. The number of nitrogens with one attached hydrogen (secondary N) is 1. The van der Waals surface area contributed by atoms with Gasteiger partial charge in [0.25, 0.3) is 0 Å². The second kappa shape index (κ2) is 7.79. The summed E-state index contributed by atoms with van der Waals surface area (Å²) in [5.74, 6) is -1.20. The molecule has 0 radical (unpaired) electrons. The fourth-order valence-corrected chi connectivity index (χ4v) is 2.47. The number of carbonyl (C=O) groups is 2.